The Morgan fingerprint density at radius 3 is 2.25 bits per heavy atom. The van der Waals surface area contributed by atoms with E-state index >= 15 is 0 Å². The number of rotatable bonds is 6. The number of nitrogens with one attached hydrogen (secondary N) is 3. The zero-order chi connectivity index (χ0) is 17.2. The zero-order valence-electron chi connectivity index (χ0n) is 14.5. The van der Waals surface area contributed by atoms with E-state index in [-0.39, 0.29) is 12.1 Å². The summed E-state index contributed by atoms with van der Waals surface area (Å²) in [6.07, 6.45) is 3.24. The van der Waals surface area contributed by atoms with Crippen LogP contribution in [0.2, 0.25) is 0 Å². The van der Waals surface area contributed by atoms with Gasteiger partial charge in [0.15, 0.2) is 0 Å². The van der Waals surface area contributed by atoms with Crippen LogP contribution in [0.3, 0.4) is 0 Å². The molecule has 0 radical (unpaired) electrons. The van der Waals surface area contributed by atoms with Gasteiger partial charge in [0.25, 0.3) is 0 Å². The third kappa shape index (κ3) is 3.91. The Kier molecular flexibility index (Phi) is 5.44. The Hall–Kier alpha value is -1.15. The number of hydrogen-bond donors (Lipinski definition) is 3. The molecule has 7 heteroatoms. The molecule has 1 aromatic rings. The van der Waals surface area contributed by atoms with Crippen molar-refractivity contribution in [3.05, 3.63) is 29.8 Å². The van der Waals surface area contributed by atoms with Gasteiger partial charge in [-0.25, -0.2) is 13.1 Å². The monoisotopic (exact) mass is 352 g/mol. The van der Waals surface area contributed by atoms with E-state index < -0.39 is 15.3 Å². The molecule has 6 nitrogen and oxygen atoms in total. The third-order valence-electron chi connectivity index (χ3n) is 5.01. The van der Waals surface area contributed by atoms with Crippen molar-refractivity contribution in [2.75, 3.05) is 24.5 Å². The summed E-state index contributed by atoms with van der Waals surface area (Å²) >= 11 is 0. The zero-order valence-corrected chi connectivity index (χ0v) is 15.3. The molecule has 0 saturated carbocycles. The molecule has 0 aromatic heterocycles. The molecule has 3 rings (SSSR count). The van der Waals surface area contributed by atoms with Crippen LogP contribution in [0.5, 0.6) is 0 Å². The second kappa shape index (κ2) is 7.39. The van der Waals surface area contributed by atoms with Crippen molar-refractivity contribution in [2.45, 2.75) is 50.4 Å². The highest BCUT2D eigenvalue weighted by Gasteiger charge is 2.39. The normalized spacial score (nSPS) is 27.8. The molecule has 0 bridgehead atoms. The minimum absolute atomic E-state index is 0.0998. The molecule has 3 N–H and O–H groups in total. The van der Waals surface area contributed by atoms with Gasteiger partial charge in [0.1, 0.15) is 5.25 Å². The smallest absolute Gasteiger partial charge is 0.217 e. The van der Waals surface area contributed by atoms with Crippen molar-refractivity contribution in [3.63, 3.8) is 0 Å². The van der Waals surface area contributed by atoms with Crippen LogP contribution < -0.4 is 20.5 Å². The fourth-order valence-corrected chi connectivity index (χ4v) is 5.47. The van der Waals surface area contributed by atoms with Gasteiger partial charge >= 0.3 is 0 Å². The van der Waals surface area contributed by atoms with Crippen molar-refractivity contribution in [1.82, 2.24) is 15.6 Å². The maximum Gasteiger partial charge on any atom is 0.217 e. The molecule has 24 heavy (non-hydrogen) atoms. The first-order valence-electron chi connectivity index (χ1n) is 8.81. The Morgan fingerprint density at radius 2 is 1.67 bits per heavy atom. The topological polar surface area (TPSA) is 73.5 Å². The van der Waals surface area contributed by atoms with Crippen LogP contribution in [-0.2, 0) is 16.4 Å². The molecule has 2 heterocycles. The van der Waals surface area contributed by atoms with E-state index in [1.54, 1.807) is 0 Å². The maximum atomic E-state index is 12.5. The molecule has 2 saturated heterocycles. The first-order chi connectivity index (χ1) is 11.5. The molecule has 0 amide bonds. The van der Waals surface area contributed by atoms with Gasteiger partial charge < -0.3 is 4.90 Å². The molecule has 0 spiro atoms. The van der Waals surface area contributed by atoms with Crippen molar-refractivity contribution >= 4 is 15.7 Å². The minimum atomic E-state index is -3.33. The molecule has 2 atom stereocenters. The Labute approximate surface area is 145 Å². The predicted octanol–water partition coefficient (Wildman–Crippen LogP) is 1.00. The van der Waals surface area contributed by atoms with Gasteiger partial charge in [0.05, 0.1) is 0 Å². The molecule has 2 fully saturated rings. The highest BCUT2D eigenvalue weighted by atomic mass is 32.2. The molecule has 134 valence electrons. The quantitative estimate of drug-likeness (QED) is 0.712. The van der Waals surface area contributed by atoms with E-state index in [2.05, 4.69) is 44.7 Å². The van der Waals surface area contributed by atoms with Gasteiger partial charge in [-0.05, 0) is 50.8 Å². The molecular formula is C17H28N4O2S. The first kappa shape index (κ1) is 17.7. The van der Waals surface area contributed by atoms with Gasteiger partial charge in [-0.3, -0.25) is 10.9 Å². The summed E-state index contributed by atoms with van der Waals surface area (Å²) in [6.45, 7) is 6.48. The molecule has 1 aromatic carbocycles. The van der Waals surface area contributed by atoms with E-state index in [1.807, 2.05) is 13.8 Å². The predicted molar refractivity (Wildman–Crippen MR) is 97.5 cm³/mol. The van der Waals surface area contributed by atoms with Crippen LogP contribution in [0, 0.1) is 0 Å². The Morgan fingerprint density at radius 1 is 1.08 bits per heavy atom. The Bertz CT molecular complexity index is 631. The third-order valence-corrected chi connectivity index (χ3v) is 7.15. The average molecular weight is 353 g/mol. The molecular weight excluding hydrogens is 324 g/mol. The standard InChI is InChI=1S/C17H28N4O2S/c1-13-17(14(2)20-19-13)24(22,23)18-10-9-15-5-7-16(8-6-15)21-11-3-4-12-21/h5-8,13-14,17-20H,3-4,9-12H2,1-2H3. The van der Waals surface area contributed by atoms with Gasteiger partial charge in [-0.15, -0.1) is 0 Å². The van der Waals surface area contributed by atoms with Gasteiger partial charge in [-0.1, -0.05) is 12.1 Å². The van der Waals surface area contributed by atoms with Gasteiger partial charge in [0, 0.05) is 37.4 Å². The van der Waals surface area contributed by atoms with E-state index in [9.17, 15) is 8.42 Å². The number of hydrogen-bond acceptors (Lipinski definition) is 5. The van der Waals surface area contributed by atoms with Crippen molar-refractivity contribution in [2.24, 2.45) is 0 Å². The van der Waals surface area contributed by atoms with Crippen LogP contribution in [0.1, 0.15) is 32.3 Å². The van der Waals surface area contributed by atoms with Crippen LogP contribution >= 0.6 is 0 Å². The van der Waals surface area contributed by atoms with Crippen molar-refractivity contribution in [3.8, 4) is 0 Å². The van der Waals surface area contributed by atoms with Crippen molar-refractivity contribution in [1.29, 1.82) is 0 Å². The molecule has 0 aliphatic carbocycles. The van der Waals surface area contributed by atoms with Gasteiger partial charge in [-0.2, -0.15) is 0 Å². The van der Waals surface area contributed by atoms with E-state index in [1.165, 1.54) is 18.5 Å². The lowest BCUT2D eigenvalue weighted by Gasteiger charge is -2.19. The number of benzene rings is 1. The second-order valence-electron chi connectivity index (χ2n) is 6.88. The fraction of sp³-hybridized carbons (Fsp3) is 0.647. The summed E-state index contributed by atoms with van der Waals surface area (Å²) in [7, 11) is -3.33. The molecule has 2 aliphatic rings. The Balaban J connectivity index is 1.52. The molecule has 2 unspecified atom stereocenters. The maximum absolute atomic E-state index is 12.5. The van der Waals surface area contributed by atoms with Crippen molar-refractivity contribution < 1.29 is 8.42 Å². The SMILES string of the molecule is CC1NNC(C)C1S(=O)(=O)NCCc1ccc(N2CCCC2)cc1. The van der Waals surface area contributed by atoms with E-state index in [0.717, 1.165) is 18.7 Å². The number of hydrazine groups is 1. The fourth-order valence-electron chi connectivity index (χ4n) is 3.68. The van der Waals surface area contributed by atoms with Crippen LogP contribution in [-0.4, -0.2) is 45.4 Å². The van der Waals surface area contributed by atoms with Crippen LogP contribution in [0.4, 0.5) is 5.69 Å². The summed E-state index contributed by atoms with van der Waals surface area (Å²) in [4.78, 5) is 2.40. The van der Waals surface area contributed by atoms with E-state index in [0.29, 0.717) is 13.0 Å². The van der Waals surface area contributed by atoms with Gasteiger partial charge in [0.2, 0.25) is 10.0 Å². The second-order valence-corrected chi connectivity index (χ2v) is 8.80. The van der Waals surface area contributed by atoms with E-state index in [4.69, 9.17) is 0 Å². The average Bonchev–Trinajstić information content (AvgIpc) is 3.18. The lowest BCUT2D eigenvalue weighted by atomic mass is 10.1. The summed E-state index contributed by atoms with van der Waals surface area (Å²) in [6, 6.07) is 8.29. The van der Waals surface area contributed by atoms with Crippen LogP contribution in [0.15, 0.2) is 24.3 Å². The largest absolute Gasteiger partial charge is 0.372 e. The first-order valence-corrected chi connectivity index (χ1v) is 10.4. The highest BCUT2D eigenvalue weighted by molar-refractivity contribution is 7.90. The minimum Gasteiger partial charge on any atom is -0.372 e. The number of sulfonamides is 1. The highest BCUT2D eigenvalue weighted by Crippen LogP contribution is 2.20. The number of nitrogens with zero attached hydrogens (tertiary/aromatic N) is 1. The molecule has 2 aliphatic heterocycles. The number of anilines is 1. The summed E-state index contributed by atoms with van der Waals surface area (Å²) in [5.74, 6) is 0. The summed E-state index contributed by atoms with van der Waals surface area (Å²) < 4.78 is 27.7. The summed E-state index contributed by atoms with van der Waals surface area (Å²) in [5.41, 5.74) is 8.41. The lowest BCUT2D eigenvalue weighted by molar-refractivity contribution is 0.545. The lowest BCUT2D eigenvalue weighted by Crippen LogP contribution is -2.45. The van der Waals surface area contributed by atoms with Crippen LogP contribution in [0.25, 0.3) is 0 Å². The summed E-state index contributed by atoms with van der Waals surface area (Å²) in [5, 5.41) is -0.449.